The summed E-state index contributed by atoms with van der Waals surface area (Å²) in [7, 11) is 0. The Morgan fingerprint density at radius 1 is 1.16 bits per heavy atom. The number of hydrogen-bond acceptors (Lipinski definition) is 4. The zero-order valence-electron chi connectivity index (χ0n) is 11.0. The molecule has 0 bridgehead atoms. The van der Waals surface area contributed by atoms with Crippen molar-refractivity contribution in [3.05, 3.63) is 46.5 Å². The molecular formula is C15H17N3S. The molecule has 0 saturated heterocycles. The van der Waals surface area contributed by atoms with Crippen molar-refractivity contribution < 1.29 is 0 Å². The van der Waals surface area contributed by atoms with Crippen molar-refractivity contribution in [2.45, 2.75) is 38.6 Å². The molecule has 4 heteroatoms. The summed E-state index contributed by atoms with van der Waals surface area (Å²) in [5, 5.41) is 9.52. The highest BCUT2D eigenvalue weighted by molar-refractivity contribution is 7.15. The van der Waals surface area contributed by atoms with Crippen LogP contribution in [0.2, 0.25) is 0 Å². The van der Waals surface area contributed by atoms with Gasteiger partial charge in [0.05, 0.1) is 11.7 Å². The first kappa shape index (κ1) is 12.5. The van der Waals surface area contributed by atoms with Gasteiger partial charge in [0, 0.05) is 4.88 Å². The third kappa shape index (κ3) is 2.89. The predicted octanol–water partition coefficient (Wildman–Crippen LogP) is 4.87. The van der Waals surface area contributed by atoms with Crippen molar-refractivity contribution in [2.75, 3.05) is 0 Å². The lowest BCUT2D eigenvalue weighted by Gasteiger charge is -2.06. The van der Waals surface area contributed by atoms with E-state index >= 15 is 0 Å². The number of thiazole rings is 1. The Morgan fingerprint density at radius 2 is 1.95 bits per heavy atom. The molecule has 1 aromatic carbocycles. The fourth-order valence-corrected chi connectivity index (χ4v) is 3.29. The SMILES string of the molecule is CC(N=Nc1nc2c(s1)CCCC2)c1ccccc1. The molecule has 0 radical (unpaired) electrons. The van der Waals surface area contributed by atoms with Crippen molar-refractivity contribution in [2.24, 2.45) is 10.2 Å². The standard InChI is InChI=1S/C15H17N3S/c1-11(12-7-3-2-4-8-12)17-18-15-16-13-9-5-6-10-14(13)19-15/h2-4,7-8,11H,5-6,9-10H2,1H3. The minimum absolute atomic E-state index is 0.0853. The number of nitrogens with zero attached hydrogens (tertiary/aromatic N) is 3. The molecule has 2 aromatic rings. The third-order valence-corrected chi connectivity index (χ3v) is 4.47. The summed E-state index contributed by atoms with van der Waals surface area (Å²) < 4.78 is 0. The van der Waals surface area contributed by atoms with Crippen LogP contribution in [0, 0.1) is 0 Å². The minimum Gasteiger partial charge on any atom is -0.222 e. The molecule has 1 aliphatic carbocycles. The zero-order valence-corrected chi connectivity index (χ0v) is 11.9. The molecular weight excluding hydrogens is 254 g/mol. The zero-order chi connectivity index (χ0) is 13.1. The molecule has 1 aromatic heterocycles. The highest BCUT2D eigenvalue weighted by Crippen LogP contribution is 2.32. The lowest BCUT2D eigenvalue weighted by Crippen LogP contribution is -1.98. The van der Waals surface area contributed by atoms with Gasteiger partial charge in [-0.05, 0) is 38.2 Å². The summed E-state index contributed by atoms with van der Waals surface area (Å²) >= 11 is 1.70. The van der Waals surface area contributed by atoms with Crippen LogP contribution < -0.4 is 0 Å². The van der Waals surface area contributed by atoms with Gasteiger partial charge in [-0.3, -0.25) is 0 Å². The molecule has 0 spiro atoms. The summed E-state index contributed by atoms with van der Waals surface area (Å²) in [5.41, 5.74) is 2.44. The second-order valence-electron chi connectivity index (χ2n) is 4.88. The molecule has 0 aliphatic heterocycles. The van der Waals surface area contributed by atoms with Crippen LogP contribution in [0.25, 0.3) is 0 Å². The maximum Gasteiger partial charge on any atom is 0.229 e. The average Bonchev–Trinajstić information content (AvgIpc) is 2.88. The number of rotatable bonds is 3. The van der Waals surface area contributed by atoms with Crippen molar-refractivity contribution in [1.29, 1.82) is 0 Å². The number of fused-ring (bicyclic) bond motifs is 1. The van der Waals surface area contributed by atoms with Crippen LogP contribution in [0.5, 0.6) is 0 Å². The summed E-state index contributed by atoms with van der Waals surface area (Å²) in [5.74, 6) is 0. The number of hydrogen-bond donors (Lipinski definition) is 0. The van der Waals surface area contributed by atoms with Gasteiger partial charge in [-0.25, -0.2) is 4.98 Å². The van der Waals surface area contributed by atoms with Crippen molar-refractivity contribution in [3.8, 4) is 0 Å². The molecule has 1 atom stereocenters. The van der Waals surface area contributed by atoms with Gasteiger partial charge in [-0.1, -0.05) is 41.7 Å². The quantitative estimate of drug-likeness (QED) is 0.734. The Morgan fingerprint density at radius 3 is 2.74 bits per heavy atom. The van der Waals surface area contributed by atoms with Gasteiger partial charge in [0.25, 0.3) is 0 Å². The van der Waals surface area contributed by atoms with Gasteiger partial charge in [0.1, 0.15) is 0 Å². The van der Waals surface area contributed by atoms with Crippen LogP contribution in [-0.2, 0) is 12.8 Å². The van der Waals surface area contributed by atoms with E-state index in [1.165, 1.54) is 29.0 Å². The van der Waals surface area contributed by atoms with E-state index in [0.717, 1.165) is 18.0 Å². The molecule has 1 aliphatic rings. The summed E-state index contributed by atoms with van der Waals surface area (Å²) in [4.78, 5) is 5.98. The van der Waals surface area contributed by atoms with E-state index in [-0.39, 0.29) is 6.04 Å². The van der Waals surface area contributed by atoms with Crippen LogP contribution in [0.1, 0.15) is 41.9 Å². The van der Waals surface area contributed by atoms with Crippen LogP contribution in [0.4, 0.5) is 5.13 Å². The van der Waals surface area contributed by atoms with E-state index in [0.29, 0.717) is 0 Å². The first-order chi connectivity index (χ1) is 9.33. The Bertz CT molecular complexity index is 551. The third-order valence-electron chi connectivity index (χ3n) is 3.43. The van der Waals surface area contributed by atoms with Crippen LogP contribution in [0.3, 0.4) is 0 Å². The van der Waals surface area contributed by atoms with Crippen molar-refractivity contribution in [3.63, 3.8) is 0 Å². The Labute approximate surface area is 117 Å². The molecule has 3 rings (SSSR count). The van der Waals surface area contributed by atoms with Gasteiger partial charge in [0.15, 0.2) is 0 Å². The lowest BCUT2D eigenvalue weighted by atomic mass is 10.0. The normalized spacial score (nSPS) is 16.5. The highest BCUT2D eigenvalue weighted by Gasteiger charge is 2.14. The number of aromatic nitrogens is 1. The summed E-state index contributed by atoms with van der Waals surface area (Å²) in [6, 6.07) is 10.3. The second kappa shape index (κ2) is 5.61. The first-order valence-electron chi connectivity index (χ1n) is 6.77. The van der Waals surface area contributed by atoms with Crippen molar-refractivity contribution >= 4 is 16.5 Å². The number of azo groups is 1. The predicted molar refractivity (Wildman–Crippen MR) is 78.1 cm³/mol. The maximum absolute atomic E-state index is 4.57. The van der Waals surface area contributed by atoms with E-state index in [4.69, 9.17) is 0 Å². The molecule has 1 unspecified atom stereocenters. The Balaban J connectivity index is 1.74. The Hall–Kier alpha value is -1.55. The van der Waals surface area contributed by atoms with Gasteiger partial charge in [-0.15, -0.1) is 5.11 Å². The second-order valence-corrected chi connectivity index (χ2v) is 5.94. The van der Waals surface area contributed by atoms with Gasteiger partial charge >= 0.3 is 0 Å². The van der Waals surface area contributed by atoms with E-state index in [9.17, 15) is 0 Å². The Kier molecular flexibility index (Phi) is 3.69. The first-order valence-corrected chi connectivity index (χ1v) is 7.59. The minimum atomic E-state index is 0.0853. The van der Waals surface area contributed by atoms with Crippen LogP contribution in [0.15, 0.2) is 40.6 Å². The summed E-state index contributed by atoms with van der Waals surface area (Å²) in [6.45, 7) is 2.06. The molecule has 1 heterocycles. The topological polar surface area (TPSA) is 37.6 Å². The molecule has 0 amide bonds. The van der Waals surface area contributed by atoms with Gasteiger partial charge in [0.2, 0.25) is 5.13 Å². The van der Waals surface area contributed by atoms with E-state index < -0.39 is 0 Å². The van der Waals surface area contributed by atoms with Crippen LogP contribution in [-0.4, -0.2) is 4.98 Å². The van der Waals surface area contributed by atoms with Gasteiger partial charge in [-0.2, -0.15) is 5.11 Å². The summed E-state index contributed by atoms with van der Waals surface area (Å²) in [6.07, 6.45) is 4.81. The largest absolute Gasteiger partial charge is 0.229 e. The maximum atomic E-state index is 4.57. The highest BCUT2D eigenvalue weighted by atomic mass is 32.1. The van der Waals surface area contributed by atoms with E-state index in [1.54, 1.807) is 11.3 Å². The molecule has 0 N–H and O–H groups in total. The molecule has 19 heavy (non-hydrogen) atoms. The monoisotopic (exact) mass is 271 g/mol. The smallest absolute Gasteiger partial charge is 0.222 e. The molecule has 3 nitrogen and oxygen atoms in total. The number of benzene rings is 1. The molecule has 98 valence electrons. The van der Waals surface area contributed by atoms with E-state index in [1.807, 2.05) is 18.2 Å². The average molecular weight is 271 g/mol. The number of aryl methyl sites for hydroxylation is 2. The fourth-order valence-electron chi connectivity index (χ4n) is 2.32. The fraction of sp³-hybridized carbons (Fsp3) is 0.400. The lowest BCUT2D eigenvalue weighted by molar-refractivity contribution is 0.682. The van der Waals surface area contributed by atoms with Crippen LogP contribution >= 0.6 is 11.3 Å². The van der Waals surface area contributed by atoms with E-state index in [2.05, 4.69) is 34.3 Å². The van der Waals surface area contributed by atoms with Crippen molar-refractivity contribution in [1.82, 2.24) is 4.98 Å². The molecule has 0 fully saturated rings. The van der Waals surface area contributed by atoms with Gasteiger partial charge < -0.3 is 0 Å². The molecule has 0 saturated carbocycles.